The first-order valence-electron chi connectivity index (χ1n) is 3.56. The molecule has 0 atom stereocenters. The molecule has 0 aromatic heterocycles. The lowest BCUT2D eigenvalue weighted by atomic mass is 9.87. The molecule has 12 heavy (non-hydrogen) atoms. The van der Waals surface area contributed by atoms with Crippen molar-refractivity contribution in [3.8, 4) is 0 Å². The Morgan fingerprint density at radius 3 is 2.00 bits per heavy atom. The van der Waals surface area contributed by atoms with Crippen LogP contribution < -0.4 is 5.32 Å². The lowest BCUT2D eigenvalue weighted by Crippen LogP contribution is -2.38. The molecule has 0 spiro atoms. The van der Waals surface area contributed by atoms with E-state index in [0.29, 0.717) is 6.54 Å². The second kappa shape index (κ2) is 4.06. The molecule has 5 nitrogen and oxygen atoms in total. The molecule has 0 amide bonds. The maximum atomic E-state index is 10.6. The Labute approximate surface area is 70.4 Å². The van der Waals surface area contributed by atoms with Crippen molar-refractivity contribution in [2.75, 3.05) is 13.6 Å². The van der Waals surface area contributed by atoms with Crippen LogP contribution in [0.25, 0.3) is 0 Å². The Bertz CT molecular complexity index is 176. The number of carboxylic acids is 2. The first kappa shape index (κ1) is 10.9. The summed E-state index contributed by atoms with van der Waals surface area (Å²) in [5.41, 5.74) is -1.68. The van der Waals surface area contributed by atoms with Crippen LogP contribution in [0.5, 0.6) is 0 Å². The van der Waals surface area contributed by atoms with E-state index in [-0.39, 0.29) is 6.42 Å². The van der Waals surface area contributed by atoms with Gasteiger partial charge >= 0.3 is 11.9 Å². The molecule has 0 heterocycles. The molecule has 0 radical (unpaired) electrons. The fourth-order valence-corrected chi connectivity index (χ4v) is 0.680. The first-order valence-corrected chi connectivity index (χ1v) is 3.56. The minimum atomic E-state index is -1.68. The van der Waals surface area contributed by atoms with Gasteiger partial charge in [0.2, 0.25) is 0 Å². The van der Waals surface area contributed by atoms with Crippen LogP contribution >= 0.6 is 0 Å². The molecule has 0 bridgehead atoms. The molecular formula is C7H13NO4. The third kappa shape index (κ3) is 2.20. The van der Waals surface area contributed by atoms with Crippen molar-refractivity contribution in [2.45, 2.75) is 13.3 Å². The van der Waals surface area contributed by atoms with Gasteiger partial charge in [0, 0.05) is 0 Å². The van der Waals surface area contributed by atoms with E-state index in [1.807, 2.05) is 0 Å². The van der Waals surface area contributed by atoms with E-state index in [9.17, 15) is 9.59 Å². The topological polar surface area (TPSA) is 86.6 Å². The number of hydrogen-bond acceptors (Lipinski definition) is 3. The minimum Gasteiger partial charge on any atom is -0.480 e. The average molecular weight is 175 g/mol. The molecule has 70 valence electrons. The van der Waals surface area contributed by atoms with Gasteiger partial charge in [0.15, 0.2) is 5.41 Å². The van der Waals surface area contributed by atoms with Crippen LogP contribution in [0.2, 0.25) is 0 Å². The zero-order chi connectivity index (χ0) is 9.78. The van der Waals surface area contributed by atoms with Crippen molar-refractivity contribution in [3.63, 3.8) is 0 Å². The first-order chi connectivity index (χ1) is 5.45. The second-order valence-corrected chi connectivity index (χ2v) is 2.80. The van der Waals surface area contributed by atoms with Crippen LogP contribution in [-0.4, -0.2) is 35.7 Å². The van der Waals surface area contributed by atoms with Gasteiger partial charge in [-0.1, -0.05) is 0 Å². The smallest absolute Gasteiger partial charge is 0.320 e. The van der Waals surface area contributed by atoms with Crippen LogP contribution in [-0.2, 0) is 9.59 Å². The maximum Gasteiger partial charge on any atom is 0.320 e. The largest absolute Gasteiger partial charge is 0.480 e. The highest BCUT2D eigenvalue weighted by Crippen LogP contribution is 2.21. The van der Waals surface area contributed by atoms with E-state index >= 15 is 0 Å². The molecule has 0 aromatic rings. The second-order valence-electron chi connectivity index (χ2n) is 2.80. The highest BCUT2D eigenvalue weighted by Gasteiger charge is 2.40. The highest BCUT2D eigenvalue weighted by molar-refractivity contribution is 5.97. The van der Waals surface area contributed by atoms with E-state index in [4.69, 9.17) is 10.2 Å². The average Bonchev–Trinajstić information content (AvgIpc) is 1.99. The highest BCUT2D eigenvalue weighted by atomic mass is 16.4. The summed E-state index contributed by atoms with van der Waals surface area (Å²) < 4.78 is 0. The maximum absolute atomic E-state index is 10.6. The zero-order valence-corrected chi connectivity index (χ0v) is 7.13. The number of carboxylic acid groups (broad SMARTS) is 2. The summed E-state index contributed by atoms with van der Waals surface area (Å²) in [6.45, 7) is 1.57. The normalized spacial score (nSPS) is 11.2. The van der Waals surface area contributed by atoms with Crippen molar-refractivity contribution >= 4 is 11.9 Å². The molecule has 0 aliphatic heterocycles. The van der Waals surface area contributed by atoms with Crippen LogP contribution in [0.15, 0.2) is 0 Å². The lowest BCUT2D eigenvalue weighted by Gasteiger charge is -2.18. The quantitative estimate of drug-likeness (QED) is 0.502. The van der Waals surface area contributed by atoms with Gasteiger partial charge in [-0.25, -0.2) is 0 Å². The molecule has 0 aromatic carbocycles. The Morgan fingerprint density at radius 1 is 1.33 bits per heavy atom. The van der Waals surface area contributed by atoms with Gasteiger partial charge in [-0.2, -0.15) is 0 Å². The van der Waals surface area contributed by atoms with E-state index in [2.05, 4.69) is 5.32 Å². The van der Waals surface area contributed by atoms with Gasteiger partial charge < -0.3 is 15.5 Å². The van der Waals surface area contributed by atoms with E-state index in [1.165, 1.54) is 6.92 Å². The van der Waals surface area contributed by atoms with Gasteiger partial charge in [0.05, 0.1) is 0 Å². The van der Waals surface area contributed by atoms with Crippen molar-refractivity contribution in [1.82, 2.24) is 5.32 Å². The van der Waals surface area contributed by atoms with Crippen molar-refractivity contribution in [2.24, 2.45) is 5.41 Å². The Balaban J connectivity index is 4.40. The van der Waals surface area contributed by atoms with Crippen LogP contribution in [0.1, 0.15) is 13.3 Å². The van der Waals surface area contributed by atoms with E-state index in [1.54, 1.807) is 7.05 Å². The number of hydrogen-bond donors (Lipinski definition) is 3. The molecule has 3 N–H and O–H groups in total. The summed E-state index contributed by atoms with van der Waals surface area (Å²) in [6.07, 6.45) is 0.0775. The van der Waals surface area contributed by atoms with Crippen molar-refractivity contribution in [1.29, 1.82) is 0 Å². The van der Waals surface area contributed by atoms with Crippen LogP contribution in [0.3, 0.4) is 0 Å². The summed E-state index contributed by atoms with van der Waals surface area (Å²) in [6, 6.07) is 0. The van der Waals surface area contributed by atoms with Crippen LogP contribution in [0, 0.1) is 5.41 Å². The Hall–Kier alpha value is -1.10. The molecule has 5 heteroatoms. The van der Waals surface area contributed by atoms with Crippen LogP contribution in [0.4, 0.5) is 0 Å². The number of carbonyl (C=O) groups is 2. The van der Waals surface area contributed by atoms with Crippen molar-refractivity contribution < 1.29 is 19.8 Å². The fourth-order valence-electron chi connectivity index (χ4n) is 0.680. The molecule has 0 saturated carbocycles. The standard InChI is InChI=1S/C7H13NO4/c1-7(5(9)10,6(11)12)3-4-8-2/h8H,3-4H2,1-2H3,(H,9,10)(H,11,12). The lowest BCUT2D eigenvalue weighted by molar-refractivity contribution is -0.163. The third-order valence-corrected chi connectivity index (χ3v) is 1.82. The summed E-state index contributed by atoms with van der Waals surface area (Å²) >= 11 is 0. The molecular weight excluding hydrogens is 162 g/mol. The summed E-state index contributed by atoms with van der Waals surface area (Å²) in [5, 5.41) is 19.9. The molecule has 0 rings (SSSR count). The fraction of sp³-hybridized carbons (Fsp3) is 0.714. The SMILES string of the molecule is CNCCC(C)(C(=O)O)C(=O)O. The molecule has 0 fully saturated rings. The van der Waals surface area contributed by atoms with E-state index < -0.39 is 17.4 Å². The molecule has 0 aliphatic carbocycles. The predicted molar refractivity (Wildman–Crippen MR) is 41.9 cm³/mol. The Morgan fingerprint density at radius 2 is 1.75 bits per heavy atom. The molecule has 0 saturated heterocycles. The van der Waals surface area contributed by atoms with E-state index in [0.717, 1.165) is 0 Å². The van der Waals surface area contributed by atoms with Gasteiger partial charge in [0.25, 0.3) is 0 Å². The number of rotatable bonds is 5. The van der Waals surface area contributed by atoms with Gasteiger partial charge in [-0.05, 0) is 26.9 Å². The van der Waals surface area contributed by atoms with Gasteiger partial charge in [-0.15, -0.1) is 0 Å². The van der Waals surface area contributed by atoms with Gasteiger partial charge in [-0.3, -0.25) is 9.59 Å². The molecule has 0 unspecified atom stereocenters. The number of aliphatic carboxylic acids is 2. The molecule has 0 aliphatic rings. The van der Waals surface area contributed by atoms with Gasteiger partial charge in [0.1, 0.15) is 0 Å². The summed E-state index contributed by atoms with van der Waals surface area (Å²) in [7, 11) is 1.64. The Kier molecular flexibility index (Phi) is 3.69. The zero-order valence-electron chi connectivity index (χ0n) is 7.13. The summed E-state index contributed by atoms with van der Waals surface area (Å²) in [4.78, 5) is 21.1. The minimum absolute atomic E-state index is 0.0775. The predicted octanol–water partition coefficient (Wildman–Crippen LogP) is -0.229. The summed E-state index contributed by atoms with van der Waals surface area (Å²) in [5.74, 6) is -2.60. The van der Waals surface area contributed by atoms with Crippen molar-refractivity contribution in [3.05, 3.63) is 0 Å². The monoisotopic (exact) mass is 175 g/mol. The number of nitrogens with one attached hydrogen (secondary N) is 1. The third-order valence-electron chi connectivity index (χ3n) is 1.82.